The fourth-order valence-electron chi connectivity index (χ4n) is 1.92. The molecule has 0 radical (unpaired) electrons. The first kappa shape index (κ1) is 5.20. The molecule has 3 aliphatic carbocycles. The summed E-state index contributed by atoms with van der Waals surface area (Å²) in [6, 6.07) is 8.65. The quantitative estimate of drug-likeness (QED) is 0.355. The van der Waals surface area contributed by atoms with E-state index in [2.05, 4.69) is 24.3 Å². The van der Waals surface area contributed by atoms with Gasteiger partial charge in [-0.2, -0.15) is 0 Å². The molecule has 1 heteroatoms. The molecule has 4 aliphatic rings. The molecule has 1 aliphatic heterocycles. The second-order valence-corrected chi connectivity index (χ2v) is 3.50. The summed E-state index contributed by atoms with van der Waals surface area (Å²) in [6.07, 6.45) is 1.21. The molecule has 0 atom stereocenters. The van der Waals surface area contributed by atoms with Crippen molar-refractivity contribution in [1.82, 2.24) is 0 Å². The van der Waals surface area contributed by atoms with Gasteiger partial charge in [0.05, 0.1) is 0 Å². The molecule has 0 saturated carbocycles. The summed E-state index contributed by atoms with van der Waals surface area (Å²) in [5.41, 5.74) is 5.82. The van der Waals surface area contributed by atoms with E-state index in [-0.39, 0.29) is 0 Å². The second-order valence-electron chi connectivity index (χ2n) is 3.50. The molecule has 0 aromatic carbocycles. The number of fused-ring (bicyclic) bond motifs is 4. The van der Waals surface area contributed by atoms with Crippen LogP contribution in [0.1, 0.15) is 11.1 Å². The Morgan fingerprint density at radius 1 is 1.08 bits per heavy atom. The lowest BCUT2D eigenvalue weighted by molar-refractivity contribution is 0.648. The predicted octanol–water partition coefficient (Wildman–Crippen LogP) is 2.80. The van der Waals surface area contributed by atoms with Crippen LogP contribution in [0.25, 0.3) is 11.1 Å². The van der Waals surface area contributed by atoms with Crippen molar-refractivity contribution in [1.29, 1.82) is 0 Å². The van der Waals surface area contributed by atoms with Crippen molar-refractivity contribution in [2.45, 2.75) is 6.42 Å². The summed E-state index contributed by atoms with van der Waals surface area (Å²) in [7, 11) is 0. The molecule has 0 unspecified atom stereocenters. The van der Waals surface area contributed by atoms with Crippen LogP contribution in [0.3, 0.4) is 0 Å². The summed E-state index contributed by atoms with van der Waals surface area (Å²) >= 11 is 0. The SMILES string of the molecule is c1c2cc3c(ccc-2c2c1C2)O3. The molecule has 1 heterocycles. The largest absolute Gasteiger partial charge is 0.449 e. The van der Waals surface area contributed by atoms with Crippen molar-refractivity contribution >= 4 is 0 Å². The van der Waals surface area contributed by atoms with Gasteiger partial charge >= 0.3 is 0 Å². The van der Waals surface area contributed by atoms with Crippen LogP contribution in [0, 0.1) is 0 Å². The monoisotopic (exact) mass is 154 g/mol. The number of hydrogen-bond donors (Lipinski definition) is 0. The lowest BCUT2D eigenvalue weighted by Crippen LogP contribution is -1.69. The first-order valence-electron chi connectivity index (χ1n) is 4.18. The van der Waals surface area contributed by atoms with Crippen molar-refractivity contribution in [3.05, 3.63) is 35.4 Å². The summed E-state index contributed by atoms with van der Waals surface area (Å²) in [6.45, 7) is 0. The molecule has 0 N–H and O–H groups in total. The zero-order valence-corrected chi connectivity index (χ0v) is 6.42. The van der Waals surface area contributed by atoms with Crippen LogP contribution in [-0.2, 0) is 6.42 Å². The summed E-state index contributed by atoms with van der Waals surface area (Å²) in [5, 5.41) is 0. The van der Waals surface area contributed by atoms with Crippen LogP contribution in [0.2, 0.25) is 0 Å². The van der Waals surface area contributed by atoms with Gasteiger partial charge in [0.1, 0.15) is 0 Å². The standard InChI is InChI=1S/C11H6O/c1-2-10-11(12-10)5-7-3-6-4-9(6)8(1)7/h1-3,5H,4H2. The Hall–Kier alpha value is -1.50. The van der Waals surface area contributed by atoms with E-state index in [9.17, 15) is 0 Å². The minimum absolute atomic E-state index is 1.04. The van der Waals surface area contributed by atoms with E-state index in [1.165, 1.54) is 23.1 Å². The average Bonchev–Trinajstić information content (AvgIpc) is 2.88. The maximum atomic E-state index is 5.23. The summed E-state index contributed by atoms with van der Waals surface area (Å²) in [5.74, 6) is 2.09. The van der Waals surface area contributed by atoms with E-state index < -0.39 is 0 Å². The molecule has 0 amide bonds. The molecule has 0 fully saturated rings. The molecule has 0 bridgehead atoms. The van der Waals surface area contributed by atoms with Crippen molar-refractivity contribution in [3.63, 3.8) is 0 Å². The van der Waals surface area contributed by atoms with Gasteiger partial charge in [0.25, 0.3) is 0 Å². The zero-order valence-electron chi connectivity index (χ0n) is 6.42. The van der Waals surface area contributed by atoms with Crippen LogP contribution in [0.4, 0.5) is 0 Å². The minimum Gasteiger partial charge on any atom is -0.449 e. The van der Waals surface area contributed by atoms with Gasteiger partial charge in [-0.15, -0.1) is 0 Å². The second kappa shape index (κ2) is 1.36. The zero-order chi connectivity index (χ0) is 7.71. The van der Waals surface area contributed by atoms with Crippen molar-refractivity contribution < 1.29 is 4.74 Å². The molecule has 0 spiro atoms. The molecule has 0 aromatic rings. The van der Waals surface area contributed by atoms with E-state index in [0.29, 0.717) is 0 Å². The number of rotatable bonds is 0. The maximum absolute atomic E-state index is 5.23. The first-order chi connectivity index (χ1) is 5.92. The predicted molar refractivity (Wildman–Crippen MR) is 45.9 cm³/mol. The highest BCUT2D eigenvalue weighted by Crippen LogP contribution is 2.50. The van der Waals surface area contributed by atoms with Gasteiger partial charge in [0.2, 0.25) is 0 Å². The average molecular weight is 154 g/mol. The van der Waals surface area contributed by atoms with Crippen LogP contribution in [0.5, 0.6) is 11.5 Å². The topological polar surface area (TPSA) is 12.5 Å². The Bertz CT molecular complexity index is 485. The Morgan fingerprint density at radius 3 is 3.08 bits per heavy atom. The molecular formula is C11H6O. The molecule has 12 heavy (non-hydrogen) atoms. The highest BCUT2D eigenvalue weighted by molar-refractivity contribution is 5.82. The van der Waals surface area contributed by atoms with Gasteiger partial charge in [-0.05, 0) is 40.8 Å². The van der Waals surface area contributed by atoms with Gasteiger partial charge in [0.15, 0.2) is 11.5 Å². The fourth-order valence-corrected chi connectivity index (χ4v) is 1.92. The molecular weight excluding hydrogens is 148 g/mol. The van der Waals surface area contributed by atoms with Crippen molar-refractivity contribution in [2.24, 2.45) is 0 Å². The van der Waals surface area contributed by atoms with Crippen LogP contribution < -0.4 is 4.74 Å². The van der Waals surface area contributed by atoms with Gasteiger partial charge in [-0.25, -0.2) is 0 Å². The third-order valence-electron chi connectivity index (χ3n) is 2.70. The smallest absolute Gasteiger partial charge is 0.170 e. The van der Waals surface area contributed by atoms with Gasteiger partial charge < -0.3 is 4.74 Å². The van der Waals surface area contributed by atoms with Crippen LogP contribution in [-0.4, -0.2) is 0 Å². The Balaban J connectivity index is 2.20. The summed E-state index contributed by atoms with van der Waals surface area (Å²) < 4.78 is 5.23. The highest BCUT2D eigenvalue weighted by atomic mass is 16.6. The maximum Gasteiger partial charge on any atom is 0.170 e. The normalized spacial score (nSPS) is 15.0. The third-order valence-corrected chi connectivity index (χ3v) is 2.70. The van der Waals surface area contributed by atoms with E-state index >= 15 is 0 Å². The van der Waals surface area contributed by atoms with E-state index in [1.54, 1.807) is 5.56 Å². The number of ether oxygens (including phenoxy) is 1. The molecule has 4 rings (SSSR count). The Morgan fingerprint density at radius 2 is 2.08 bits per heavy atom. The van der Waals surface area contributed by atoms with Crippen LogP contribution >= 0.6 is 0 Å². The fraction of sp³-hybridized carbons (Fsp3) is 0.0909. The van der Waals surface area contributed by atoms with E-state index in [4.69, 9.17) is 4.74 Å². The molecule has 0 aromatic heterocycles. The first-order valence-corrected chi connectivity index (χ1v) is 4.18. The van der Waals surface area contributed by atoms with Crippen molar-refractivity contribution in [2.75, 3.05) is 0 Å². The van der Waals surface area contributed by atoms with Gasteiger partial charge in [-0.1, -0.05) is 12.1 Å². The highest BCUT2D eigenvalue weighted by Gasteiger charge is 2.28. The lowest BCUT2D eigenvalue weighted by atomic mass is 10.1. The van der Waals surface area contributed by atoms with Gasteiger partial charge in [-0.3, -0.25) is 0 Å². The Labute approximate surface area is 69.9 Å². The van der Waals surface area contributed by atoms with E-state index in [1.807, 2.05) is 0 Å². The minimum atomic E-state index is 1.04. The lowest BCUT2D eigenvalue weighted by Gasteiger charge is -1.92. The molecule has 0 saturated heterocycles. The van der Waals surface area contributed by atoms with Crippen molar-refractivity contribution in [3.8, 4) is 22.6 Å². The van der Waals surface area contributed by atoms with E-state index in [0.717, 1.165) is 11.5 Å². The molecule has 56 valence electrons. The molecule has 1 nitrogen and oxygen atoms in total. The van der Waals surface area contributed by atoms with Crippen LogP contribution in [0.15, 0.2) is 24.3 Å². The van der Waals surface area contributed by atoms with Gasteiger partial charge in [0, 0.05) is 0 Å². The Kier molecular flexibility index (Phi) is 0.587. The summed E-state index contributed by atoms with van der Waals surface area (Å²) in [4.78, 5) is 0. The third kappa shape index (κ3) is 0.482. The number of hydrogen-bond acceptors (Lipinski definition) is 1.